The molecule has 0 spiro atoms. The average Bonchev–Trinajstić information content (AvgIpc) is 3.20. The molecule has 3 aromatic carbocycles. The van der Waals surface area contributed by atoms with Crippen LogP contribution in [-0.4, -0.2) is 44.1 Å². The Labute approximate surface area is 224 Å². The van der Waals surface area contributed by atoms with E-state index in [0.717, 1.165) is 5.56 Å². The fourth-order valence-corrected chi connectivity index (χ4v) is 4.78. The van der Waals surface area contributed by atoms with Crippen LogP contribution in [0.2, 0.25) is 0 Å². The first-order chi connectivity index (χ1) is 17.9. The smallest absolute Gasteiger partial charge is 0.270 e. The second kappa shape index (κ2) is 11.8. The Balaban J connectivity index is 1.42. The maximum absolute atomic E-state index is 13.1. The van der Waals surface area contributed by atoms with E-state index in [9.17, 15) is 9.59 Å². The van der Waals surface area contributed by atoms with Gasteiger partial charge in [-0.3, -0.25) is 14.5 Å². The molecule has 8 nitrogen and oxygen atoms in total. The highest BCUT2D eigenvalue weighted by Crippen LogP contribution is 2.37. The van der Waals surface area contributed by atoms with Gasteiger partial charge < -0.3 is 24.3 Å². The lowest BCUT2D eigenvalue weighted by Gasteiger charge is -2.14. The number of hydrogen-bond acceptors (Lipinski definition) is 8. The van der Waals surface area contributed by atoms with Crippen LogP contribution in [0.4, 0.5) is 11.4 Å². The van der Waals surface area contributed by atoms with Crippen LogP contribution in [-0.2, 0) is 9.59 Å². The van der Waals surface area contributed by atoms with Crippen LogP contribution in [0.3, 0.4) is 0 Å². The van der Waals surface area contributed by atoms with Gasteiger partial charge in [0, 0.05) is 5.69 Å². The summed E-state index contributed by atoms with van der Waals surface area (Å²) in [5, 5.41) is 2.76. The fourth-order valence-electron chi connectivity index (χ4n) is 3.48. The molecule has 1 aliphatic heterocycles. The van der Waals surface area contributed by atoms with E-state index in [1.54, 1.807) is 87.0 Å². The molecule has 37 heavy (non-hydrogen) atoms. The first-order valence-corrected chi connectivity index (χ1v) is 12.3. The van der Waals surface area contributed by atoms with E-state index < -0.39 is 0 Å². The topological polar surface area (TPSA) is 86.3 Å². The largest absolute Gasteiger partial charge is 0.497 e. The van der Waals surface area contributed by atoms with Crippen molar-refractivity contribution in [2.75, 3.05) is 38.2 Å². The lowest BCUT2D eigenvalue weighted by molar-refractivity contribution is -0.118. The zero-order valence-corrected chi connectivity index (χ0v) is 22.0. The van der Waals surface area contributed by atoms with E-state index in [1.165, 1.54) is 23.8 Å². The van der Waals surface area contributed by atoms with Crippen LogP contribution in [0.15, 0.2) is 71.6 Å². The van der Waals surface area contributed by atoms with E-state index in [2.05, 4.69) is 5.32 Å². The van der Waals surface area contributed by atoms with E-state index in [4.69, 9.17) is 31.2 Å². The Bertz CT molecular complexity index is 1340. The van der Waals surface area contributed by atoms with E-state index in [-0.39, 0.29) is 18.4 Å². The van der Waals surface area contributed by atoms with Crippen molar-refractivity contribution in [3.05, 3.63) is 77.2 Å². The Morgan fingerprint density at radius 1 is 0.919 bits per heavy atom. The summed E-state index contributed by atoms with van der Waals surface area (Å²) in [6, 6.07) is 19.3. The highest BCUT2D eigenvalue weighted by atomic mass is 32.2. The Kier molecular flexibility index (Phi) is 8.32. The van der Waals surface area contributed by atoms with Gasteiger partial charge in [-0.2, -0.15) is 0 Å². The third-order valence-corrected chi connectivity index (χ3v) is 6.64. The molecule has 10 heteroatoms. The van der Waals surface area contributed by atoms with Gasteiger partial charge in [0.2, 0.25) is 0 Å². The SMILES string of the molecule is COc1ccc(NC(=O)COc2ccc(/C=C3\SC(=S)N(c4ccc(OC)cc4)C3=O)cc2OC)cc1. The van der Waals surface area contributed by atoms with Crippen LogP contribution < -0.4 is 29.2 Å². The number of amides is 2. The van der Waals surface area contributed by atoms with Gasteiger partial charge in [0.25, 0.3) is 11.8 Å². The molecule has 0 unspecified atom stereocenters. The van der Waals surface area contributed by atoms with Crippen LogP contribution >= 0.6 is 24.0 Å². The van der Waals surface area contributed by atoms with Crippen molar-refractivity contribution in [3.63, 3.8) is 0 Å². The Hall–Kier alpha value is -4.02. The fraction of sp³-hybridized carbons (Fsp3) is 0.148. The molecule has 3 aromatic rings. The molecule has 0 saturated carbocycles. The normalized spacial score (nSPS) is 14.0. The maximum Gasteiger partial charge on any atom is 0.270 e. The summed E-state index contributed by atoms with van der Waals surface area (Å²) >= 11 is 6.67. The number of ether oxygens (including phenoxy) is 4. The van der Waals surface area contributed by atoms with Crippen LogP contribution in [0.25, 0.3) is 6.08 Å². The summed E-state index contributed by atoms with van der Waals surface area (Å²) in [6.07, 6.45) is 1.74. The minimum absolute atomic E-state index is 0.206. The van der Waals surface area contributed by atoms with Gasteiger partial charge in [0.15, 0.2) is 22.4 Å². The van der Waals surface area contributed by atoms with Crippen LogP contribution in [0.1, 0.15) is 5.56 Å². The number of benzene rings is 3. The Morgan fingerprint density at radius 2 is 1.57 bits per heavy atom. The summed E-state index contributed by atoms with van der Waals surface area (Å²) in [6.45, 7) is -0.206. The van der Waals surface area contributed by atoms with Crippen molar-refractivity contribution in [3.8, 4) is 23.0 Å². The maximum atomic E-state index is 13.1. The third-order valence-electron chi connectivity index (χ3n) is 5.34. The number of hydrogen-bond donors (Lipinski definition) is 1. The van der Waals surface area contributed by atoms with Crippen LogP contribution in [0.5, 0.6) is 23.0 Å². The van der Waals surface area contributed by atoms with Gasteiger partial charge in [-0.25, -0.2) is 0 Å². The highest BCUT2D eigenvalue weighted by Gasteiger charge is 2.33. The van der Waals surface area contributed by atoms with Crippen molar-refractivity contribution in [1.82, 2.24) is 0 Å². The third kappa shape index (κ3) is 6.22. The number of methoxy groups -OCH3 is 3. The zero-order chi connectivity index (χ0) is 26.4. The second-order valence-corrected chi connectivity index (χ2v) is 9.37. The summed E-state index contributed by atoms with van der Waals surface area (Å²) in [4.78, 5) is 27.3. The van der Waals surface area contributed by atoms with Gasteiger partial charge in [-0.05, 0) is 72.3 Å². The summed E-state index contributed by atoms with van der Waals surface area (Å²) < 4.78 is 21.9. The van der Waals surface area contributed by atoms with Gasteiger partial charge in [-0.15, -0.1) is 0 Å². The number of nitrogens with zero attached hydrogens (tertiary/aromatic N) is 1. The molecule has 0 radical (unpaired) electrons. The molecule has 1 aliphatic rings. The van der Waals surface area contributed by atoms with Crippen molar-refractivity contribution in [2.45, 2.75) is 0 Å². The van der Waals surface area contributed by atoms with Gasteiger partial charge in [0.1, 0.15) is 11.5 Å². The van der Waals surface area contributed by atoms with Gasteiger partial charge in [0.05, 0.1) is 31.9 Å². The molecular weight excluding hydrogens is 512 g/mol. The van der Waals surface area contributed by atoms with Crippen molar-refractivity contribution < 1.29 is 28.5 Å². The van der Waals surface area contributed by atoms with E-state index >= 15 is 0 Å². The van der Waals surface area contributed by atoms with Crippen LogP contribution in [0, 0.1) is 0 Å². The molecule has 190 valence electrons. The van der Waals surface area contributed by atoms with Crippen molar-refractivity contribution >= 4 is 57.6 Å². The van der Waals surface area contributed by atoms with Crippen molar-refractivity contribution in [2.24, 2.45) is 0 Å². The number of thioether (sulfide) groups is 1. The number of nitrogens with one attached hydrogen (secondary N) is 1. The predicted molar refractivity (Wildman–Crippen MR) is 149 cm³/mol. The summed E-state index contributed by atoms with van der Waals surface area (Å²) in [5.74, 6) is 1.68. The second-order valence-electron chi connectivity index (χ2n) is 7.69. The number of carbonyl (C=O) groups excluding carboxylic acids is 2. The quantitative estimate of drug-likeness (QED) is 0.297. The molecule has 1 N–H and O–H groups in total. The monoisotopic (exact) mass is 536 g/mol. The molecule has 1 fully saturated rings. The summed E-state index contributed by atoms with van der Waals surface area (Å²) in [5.41, 5.74) is 2.02. The first-order valence-electron chi connectivity index (χ1n) is 11.1. The predicted octanol–water partition coefficient (Wildman–Crippen LogP) is 5.14. The number of carbonyl (C=O) groups is 2. The lowest BCUT2D eigenvalue weighted by Crippen LogP contribution is -2.27. The standard InChI is InChI=1S/C27H24N2O6S2/c1-32-20-9-5-18(6-10-20)28-25(30)16-35-22-13-4-17(14-23(22)34-3)15-24-26(31)29(27(36)37-24)19-7-11-21(33-2)12-8-19/h4-15H,16H2,1-3H3,(H,28,30)/b24-15-. The molecule has 0 atom stereocenters. The molecule has 2 amide bonds. The summed E-state index contributed by atoms with van der Waals surface area (Å²) in [7, 11) is 4.67. The first kappa shape index (κ1) is 26.1. The average molecular weight is 537 g/mol. The minimum atomic E-state index is -0.321. The highest BCUT2D eigenvalue weighted by molar-refractivity contribution is 8.27. The molecule has 0 aliphatic carbocycles. The zero-order valence-electron chi connectivity index (χ0n) is 20.3. The molecule has 0 bridgehead atoms. The molecule has 1 heterocycles. The van der Waals surface area contributed by atoms with Gasteiger partial charge in [-0.1, -0.05) is 30.0 Å². The van der Waals surface area contributed by atoms with E-state index in [0.29, 0.717) is 43.6 Å². The minimum Gasteiger partial charge on any atom is -0.497 e. The van der Waals surface area contributed by atoms with Gasteiger partial charge >= 0.3 is 0 Å². The molecular formula is C27H24N2O6S2. The Morgan fingerprint density at radius 3 is 2.19 bits per heavy atom. The lowest BCUT2D eigenvalue weighted by atomic mass is 10.1. The van der Waals surface area contributed by atoms with Crippen molar-refractivity contribution in [1.29, 1.82) is 0 Å². The van der Waals surface area contributed by atoms with E-state index in [1.807, 2.05) is 0 Å². The molecule has 0 aromatic heterocycles. The number of rotatable bonds is 9. The molecule has 1 saturated heterocycles. The number of anilines is 2. The molecule has 4 rings (SSSR count). The number of thiocarbonyl (C=S) groups is 1.